The molecule has 70 valence electrons. The first-order valence-electron chi connectivity index (χ1n) is 3.84. The summed E-state index contributed by atoms with van der Waals surface area (Å²) in [5.41, 5.74) is 7.73. The lowest BCUT2D eigenvalue weighted by Crippen LogP contribution is -2.09. The zero-order valence-electron chi connectivity index (χ0n) is 7.33. The molecule has 0 aliphatic heterocycles. The highest BCUT2D eigenvalue weighted by atomic mass is 32.1. The van der Waals surface area contributed by atoms with Gasteiger partial charge in [-0.1, -0.05) is 6.07 Å². The van der Waals surface area contributed by atoms with Crippen LogP contribution in [0.2, 0.25) is 0 Å². The molecule has 13 heavy (non-hydrogen) atoms. The predicted molar refractivity (Wildman–Crippen MR) is 56.8 cm³/mol. The maximum atomic E-state index is 8.81. The van der Waals surface area contributed by atoms with Gasteiger partial charge in [-0.2, -0.15) is 0 Å². The van der Waals surface area contributed by atoms with E-state index in [0.717, 1.165) is 5.56 Å². The number of nitrogens with one attached hydrogen (secondary N) is 1. The van der Waals surface area contributed by atoms with Crippen LogP contribution in [0.25, 0.3) is 0 Å². The van der Waals surface area contributed by atoms with Gasteiger partial charge in [0.2, 0.25) is 0 Å². The monoisotopic (exact) mass is 196 g/mol. The van der Waals surface area contributed by atoms with Crippen molar-refractivity contribution >= 4 is 24.0 Å². The Labute approximate surface area is 82.5 Å². The lowest BCUT2D eigenvalue weighted by Gasteiger charge is -2.10. The molecule has 0 aliphatic rings. The number of hydrogen-bond acceptors (Lipinski definition) is 4. The van der Waals surface area contributed by atoms with Crippen molar-refractivity contribution < 1.29 is 5.11 Å². The molecule has 4 heteroatoms. The van der Waals surface area contributed by atoms with Crippen LogP contribution in [0.4, 0.5) is 5.69 Å². The van der Waals surface area contributed by atoms with Gasteiger partial charge in [0.25, 0.3) is 0 Å². The van der Waals surface area contributed by atoms with Gasteiger partial charge in [-0.25, -0.2) is 0 Å². The molecule has 1 aromatic rings. The fourth-order valence-corrected chi connectivity index (χ4v) is 1.45. The largest absolute Gasteiger partial charge is 0.398 e. The predicted octanol–water partition coefficient (Wildman–Crippen LogP) is 1.23. The van der Waals surface area contributed by atoms with Gasteiger partial charge in [0.1, 0.15) is 0 Å². The summed E-state index contributed by atoms with van der Waals surface area (Å²) in [6.07, 6.45) is 0. The summed E-state index contributed by atoms with van der Waals surface area (Å²) in [5.74, 6) is 0. The molecule has 0 bridgehead atoms. The fraction of sp³-hybridized carbons (Fsp3) is 0.222. The Morgan fingerprint density at radius 3 is 2.77 bits per heavy atom. The highest BCUT2D eigenvalue weighted by Gasteiger charge is 2.10. The van der Waals surface area contributed by atoms with Crippen molar-refractivity contribution in [1.82, 2.24) is 0 Å². The minimum absolute atomic E-state index is 0.103. The van der Waals surface area contributed by atoms with Gasteiger partial charge in [-0.15, -0.1) is 12.6 Å². The summed E-state index contributed by atoms with van der Waals surface area (Å²) in [4.78, 5) is 0.666. The van der Waals surface area contributed by atoms with E-state index >= 15 is 0 Å². The SMILES string of the molecule is Cc1ccc(N)c(C(=N)CO)c1S. The van der Waals surface area contributed by atoms with Crippen LogP contribution >= 0.6 is 12.6 Å². The molecule has 0 aliphatic carbocycles. The van der Waals surface area contributed by atoms with E-state index in [-0.39, 0.29) is 12.3 Å². The summed E-state index contributed by atoms with van der Waals surface area (Å²) in [6, 6.07) is 3.56. The molecule has 0 fully saturated rings. The number of nitrogens with two attached hydrogens (primary N) is 1. The number of rotatable bonds is 2. The van der Waals surface area contributed by atoms with Crippen LogP contribution < -0.4 is 5.73 Å². The van der Waals surface area contributed by atoms with Gasteiger partial charge < -0.3 is 16.2 Å². The maximum Gasteiger partial charge on any atom is 0.0853 e. The number of hydrogen-bond donors (Lipinski definition) is 4. The van der Waals surface area contributed by atoms with E-state index in [2.05, 4.69) is 12.6 Å². The summed E-state index contributed by atoms with van der Waals surface area (Å²) in [6.45, 7) is 1.57. The number of anilines is 1. The van der Waals surface area contributed by atoms with Gasteiger partial charge in [-0.05, 0) is 18.6 Å². The normalized spacial score (nSPS) is 10.1. The smallest absolute Gasteiger partial charge is 0.0853 e. The number of thiol groups is 1. The highest BCUT2D eigenvalue weighted by Crippen LogP contribution is 2.24. The first kappa shape index (κ1) is 10.1. The first-order chi connectivity index (χ1) is 6.07. The van der Waals surface area contributed by atoms with E-state index < -0.39 is 0 Å². The third-order valence-electron chi connectivity index (χ3n) is 1.87. The second-order valence-corrected chi connectivity index (χ2v) is 3.28. The Kier molecular flexibility index (Phi) is 2.95. The van der Waals surface area contributed by atoms with Crippen LogP contribution in [0.15, 0.2) is 17.0 Å². The second kappa shape index (κ2) is 3.81. The summed E-state index contributed by atoms with van der Waals surface area (Å²) in [7, 11) is 0. The molecule has 0 atom stereocenters. The molecule has 0 amide bonds. The van der Waals surface area contributed by atoms with Crippen LogP contribution in [0.3, 0.4) is 0 Å². The van der Waals surface area contributed by atoms with Crippen molar-refractivity contribution in [3.8, 4) is 0 Å². The molecule has 0 saturated carbocycles. The number of aliphatic hydroxyl groups excluding tert-OH is 1. The fourth-order valence-electron chi connectivity index (χ4n) is 1.11. The quantitative estimate of drug-likeness (QED) is 0.326. The Bertz CT molecular complexity index is 350. The lowest BCUT2D eigenvalue weighted by molar-refractivity contribution is 0.357. The molecule has 3 nitrogen and oxygen atoms in total. The van der Waals surface area contributed by atoms with Crippen LogP contribution in [0.5, 0.6) is 0 Å². The average Bonchev–Trinajstić information content (AvgIpc) is 2.12. The molecule has 0 saturated heterocycles. The summed E-state index contributed by atoms with van der Waals surface area (Å²) in [5, 5.41) is 16.3. The van der Waals surface area contributed by atoms with E-state index in [0.29, 0.717) is 16.1 Å². The maximum absolute atomic E-state index is 8.81. The van der Waals surface area contributed by atoms with Crippen molar-refractivity contribution in [1.29, 1.82) is 5.41 Å². The van der Waals surface area contributed by atoms with Gasteiger partial charge >= 0.3 is 0 Å². The number of benzene rings is 1. The third kappa shape index (κ3) is 1.84. The standard InChI is InChI=1S/C9H12N2OS/c1-5-2-3-6(10)8(9(5)13)7(11)4-12/h2-3,11-13H,4,10H2,1H3. The van der Waals surface area contributed by atoms with Gasteiger partial charge in [0.05, 0.1) is 12.3 Å². The van der Waals surface area contributed by atoms with Crippen LogP contribution in [-0.4, -0.2) is 17.4 Å². The zero-order valence-corrected chi connectivity index (χ0v) is 8.23. The molecule has 0 spiro atoms. The van der Waals surface area contributed by atoms with Gasteiger partial charge in [-0.3, -0.25) is 0 Å². The molecular weight excluding hydrogens is 184 g/mol. The molecule has 4 N–H and O–H groups in total. The Morgan fingerprint density at radius 2 is 2.23 bits per heavy atom. The lowest BCUT2D eigenvalue weighted by atomic mass is 10.1. The van der Waals surface area contributed by atoms with E-state index in [9.17, 15) is 0 Å². The van der Waals surface area contributed by atoms with E-state index in [4.69, 9.17) is 16.2 Å². The second-order valence-electron chi connectivity index (χ2n) is 2.83. The Morgan fingerprint density at radius 1 is 1.62 bits per heavy atom. The zero-order chi connectivity index (χ0) is 10.0. The molecule has 0 heterocycles. The minimum Gasteiger partial charge on any atom is -0.398 e. The number of aliphatic hydroxyl groups is 1. The molecule has 0 unspecified atom stereocenters. The van der Waals surface area contributed by atoms with E-state index in [1.54, 1.807) is 6.07 Å². The summed E-state index contributed by atoms with van der Waals surface area (Å²) >= 11 is 4.24. The van der Waals surface area contributed by atoms with Crippen molar-refractivity contribution in [2.24, 2.45) is 0 Å². The van der Waals surface area contributed by atoms with Crippen molar-refractivity contribution in [3.63, 3.8) is 0 Å². The van der Waals surface area contributed by atoms with E-state index in [1.165, 1.54) is 0 Å². The Hall–Kier alpha value is -1.00. The highest BCUT2D eigenvalue weighted by molar-refractivity contribution is 7.80. The number of aryl methyl sites for hydroxylation is 1. The third-order valence-corrected chi connectivity index (χ3v) is 2.45. The van der Waals surface area contributed by atoms with Gasteiger partial charge in [0.15, 0.2) is 0 Å². The van der Waals surface area contributed by atoms with E-state index in [1.807, 2.05) is 13.0 Å². The van der Waals surface area contributed by atoms with Gasteiger partial charge in [0, 0.05) is 16.1 Å². The van der Waals surface area contributed by atoms with Crippen LogP contribution in [0.1, 0.15) is 11.1 Å². The number of nitrogen functional groups attached to an aromatic ring is 1. The molecule has 0 aromatic heterocycles. The van der Waals surface area contributed by atoms with Crippen LogP contribution in [0, 0.1) is 12.3 Å². The van der Waals surface area contributed by atoms with Crippen LogP contribution in [-0.2, 0) is 0 Å². The summed E-state index contributed by atoms with van der Waals surface area (Å²) < 4.78 is 0. The molecule has 1 aromatic carbocycles. The molecular formula is C9H12N2OS. The average molecular weight is 196 g/mol. The Balaban J connectivity index is 3.33. The topological polar surface area (TPSA) is 70.1 Å². The van der Waals surface area contributed by atoms with Crippen molar-refractivity contribution in [2.45, 2.75) is 11.8 Å². The molecule has 1 rings (SSSR count). The molecule has 0 radical (unpaired) electrons. The van der Waals surface area contributed by atoms with Crippen molar-refractivity contribution in [2.75, 3.05) is 12.3 Å². The minimum atomic E-state index is -0.318. The van der Waals surface area contributed by atoms with Crippen molar-refractivity contribution in [3.05, 3.63) is 23.3 Å². The first-order valence-corrected chi connectivity index (χ1v) is 4.29.